The maximum Gasteiger partial charge on any atom is 0.279 e. The molecule has 1 unspecified atom stereocenters. The van der Waals surface area contributed by atoms with Crippen molar-refractivity contribution in [3.63, 3.8) is 0 Å². The fourth-order valence-electron chi connectivity index (χ4n) is 3.03. The van der Waals surface area contributed by atoms with Gasteiger partial charge in [0.2, 0.25) is 5.91 Å². The van der Waals surface area contributed by atoms with Crippen LogP contribution in [-0.4, -0.2) is 44.8 Å². The van der Waals surface area contributed by atoms with Gasteiger partial charge in [-0.15, -0.1) is 0 Å². The molecule has 0 radical (unpaired) electrons. The van der Waals surface area contributed by atoms with Gasteiger partial charge in [0.05, 0.1) is 0 Å². The van der Waals surface area contributed by atoms with Gasteiger partial charge in [0.1, 0.15) is 0 Å². The van der Waals surface area contributed by atoms with E-state index < -0.39 is 10.2 Å². The van der Waals surface area contributed by atoms with Gasteiger partial charge in [0, 0.05) is 43.3 Å². The third-order valence-corrected chi connectivity index (χ3v) is 6.13. The summed E-state index contributed by atoms with van der Waals surface area (Å²) in [6.07, 6.45) is 2.17. The van der Waals surface area contributed by atoms with Crippen LogP contribution in [0.3, 0.4) is 0 Å². The Morgan fingerprint density at radius 2 is 1.83 bits per heavy atom. The summed E-state index contributed by atoms with van der Waals surface area (Å²) in [5.41, 5.74) is 0.796. The number of benzene rings is 1. The molecule has 2 heterocycles. The molecule has 8 heteroatoms. The molecule has 1 amide bonds. The van der Waals surface area contributed by atoms with Crippen molar-refractivity contribution in [2.45, 2.75) is 19.3 Å². The summed E-state index contributed by atoms with van der Waals surface area (Å²) in [6.45, 7) is 1.96. The SMILES string of the molecule is O=C1CC(CNS(=O)(=O)N2CCCC2)CN1c1ccc(Cl)cc1. The maximum atomic E-state index is 12.2. The van der Waals surface area contributed by atoms with Crippen molar-refractivity contribution >= 4 is 33.4 Å². The van der Waals surface area contributed by atoms with Crippen LogP contribution in [0.5, 0.6) is 0 Å². The number of hydrogen-bond acceptors (Lipinski definition) is 3. The molecule has 0 aromatic heterocycles. The molecule has 6 nitrogen and oxygen atoms in total. The Bertz CT molecular complexity index is 672. The molecule has 1 aromatic carbocycles. The first-order valence-electron chi connectivity index (χ1n) is 7.76. The first kappa shape index (κ1) is 16.7. The third-order valence-electron chi connectivity index (χ3n) is 4.30. The number of anilines is 1. The summed E-state index contributed by atoms with van der Waals surface area (Å²) in [5, 5.41) is 0.621. The largest absolute Gasteiger partial charge is 0.312 e. The van der Waals surface area contributed by atoms with Crippen molar-refractivity contribution in [1.82, 2.24) is 9.03 Å². The van der Waals surface area contributed by atoms with E-state index in [-0.39, 0.29) is 18.4 Å². The fraction of sp³-hybridized carbons (Fsp3) is 0.533. The molecule has 0 aliphatic carbocycles. The molecule has 0 spiro atoms. The molecular weight excluding hydrogens is 338 g/mol. The number of amides is 1. The topological polar surface area (TPSA) is 69.7 Å². The Balaban J connectivity index is 1.58. The summed E-state index contributed by atoms with van der Waals surface area (Å²) in [6, 6.07) is 7.09. The monoisotopic (exact) mass is 357 g/mol. The highest BCUT2D eigenvalue weighted by molar-refractivity contribution is 7.87. The Labute approximate surface area is 141 Å². The van der Waals surface area contributed by atoms with Crippen LogP contribution < -0.4 is 9.62 Å². The first-order chi connectivity index (χ1) is 11.0. The summed E-state index contributed by atoms with van der Waals surface area (Å²) in [5.74, 6) is -0.00625. The van der Waals surface area contributed by atoms with Crippen LogP contribution >= 0.6 is 11.6 Å². The van der Waals surface area contributed by atoms with E-state index in [0.29, 0.717) is 31.1 Å². The number of carbonyl (C=O) groups is 1. The summed E-state index contributed by atoms with van der Waals surface area (Å²) in [4.78, 5) is 13.8. The van der Waals surface area contributed by atoms with Gasteiger partial charge in [-0.25, -0.2) is 4.72 Å². The number of rotatable bonds is 5. The second-order valence-electron chi connectivity index (χ2n) is 6.01. The molecule has 1 atom stereocenters. The Hall–Kier alpha value is -1.15. The molecular formula is C15H20ClN3O3S. The zero-order valence-corrected chi connectivity index (χ0v) is 14.3. The lowest BCUT2D eigenvalue weighted by molar-refractivity contribution is -0.117. The van der Waals surface area contributed by atoms with Gasteiger partial charge in [-0.05, 0) is 43.0 Å². The number of nitrogens with one attached hydrogen (secondary N) is 1. The predicted octanol–water partition coefficient (Wildman–Crippen LogP) is 1.62. The molecule has 2 aliphatic rings. The summed E-state index contributed by atoms with van der Waals surface area (Å²) in [7, 11) is -3.42. The molecule has 126 valence electrons. The highest BCUT2D eigenvalue weighted by Gasteiger charge is 2.32. The first-order valence-corrected chi connectivity index (χ1v) is 9.58. The van der Waals surface area contributed by atoms with Crippen molar-refractivity contribution in [3.05, 3.63) is 29.3 Å². The van der Waals surface area contributed by atoms with Crippen LogP contribution in [0.15, 0.2) is 24.3 Å². The van der Waals surface area contributed by atoms with E-state index >= 15 is 0 Å². The molecule has 23 heavy (non-hydrogen) atoms. The molecule has 0 bridgehead atoms. The molecule has 2 aliphatic heterocycles. The minimum atomic E-state index is -3.42. The third kappa shape index (κ3) is 3.85. The van der Waals surface area contributed by atoms with Crippen LogP contribution in [-0.2, 0) is 15.0 Å². The van der Waals surface area contributed by atoms with Gasteiger partial charge < -0.3 is 4.90 Å². The average molecular weight is 358 g/mol. The van der Waals surface area contributed by atoms with Gasteiger partial charge in [-0.2, -0.15) is 12.7 Å². The van der Waals surface area contributed by atoms with Gasteiger partial charge >= 0.3 is 0 Å². The number of hydrogen-bond donors (Lipinski definition) is 1. The van der Waals surface area contributed by atoms with Crippen molar-refractivity contribution in [1.29, 1.82) is 0 Å². The fourth-order valence-corrected chi connectivity index (χ4v) is 4.53. The van der Waals surface area contributed by atoms with Gasteiger partial charge in [-0.1, -0.05) is 11.6 Å². The van der Waals surface area contributed by atoms with Crippen molar-refractivity contribution in [3.8, 4) is 0 Å². The lowest BCUT2D eigenvalue weighted by Crippen LogP contribution is -2.41. The van der Waals surface area contributed by atoms with Crippen LogP contribution in [0, 0.1) is 5.92 Å². The standard InChI is InChI=1S/C15H20ClN3O3S/c16-13-3-5-14(6-4-13)19-11-12(9-15(19)20)10-17-23(21,22)18-7-1-2-8-18/h3-6,12,17H,1-2,7-11H2. The molecule has 1 aromatic rings. The smallest absolute Gasteiger partial charge is 0.279 e. The van der Waals surface area contributed by atoms with E-state index in [1.165, 1.54) is 4.31 Å². The minimum absolute atomic E-state index is 0.0118. The average Bonchev–Trinajstić information content (AvgIpc) is 3.16. The zero-order valence-electron chi connectivity index (χ0n) is 12.7. The normalized spacial score (nSPS) is 22.9. The van der Waals surface area contributed by atoms with E-state index in [1.807, 2.05) is 0 Å². The lowest BCUT2D eigenvalue weighted by atomic mass is 10.1. The Morgan fingerprint density at radius 3 is 2.48 bits per heavy atom. The number of nitrogens with zero attached hydrogens (tertiary/aromatic N) is 2. The number of carbonyl (C=O) groups excluding carboxylic acids is 1. The van der Waals surface area contributed by atoms with Crippen LogP contribution in [0.4, 0.5) is 5.69 Å². The van der Waals surface area contributed by atoms with Gasteiger partial charge in [0.15, 0.2) is 0 Å². The second kappa shape index (κ2) is 6.76. The minimum Gasteiger partial charge on any atom is -0.312 e. The van der Waals surface area contributed by atoms with E-state index in [0.717, 1.165) is 18.5 Å². The van der Waals surface area contributed by atoms with Crippen molar-refractivity contribution in [2.24, 2.45) is 5.92 Å². The van der Waals surface area contributed by atoms with Crippen LogP contribution in [0.25, 0.3) is 0 Å². The van der Waals surface area contributed by atoms with Crippen LogP contribution in [0.2, 0.25) is 5.02 Å². The van der Waals surface area contributed by atoms with Gasteiger partial charge in [-0.3, -0.25) is 4.79 Å². The summed E-state index contributed by atoms with van der Waals surface area (Å²) >= 11 is 5.86. The zero-order chi connectivity index (χ0) is 16.4. The second-order valence-corrected chi connectivity index (χ2v) is 8.20. The maximum absolute atomic E-state index is 12.2. The number of halogens is 1. The Morgan fingerprint density at radius 1 is 1.17 bits per heavy atom. The highest BCUT2D eigenvalue weighted by atomic mass is 35.5. The molecule has 2 saturated heterocycles. The van der Waals surface area contributed by atoms with E-state index in [9.17, 15) is 13.2 Å². The molecule has 3 rings (SSSR count). The van der Waals surface area contributed by atoms with Crippen LogP contribution in [0.1, 0.15) is 19.3 Å². The quantitative estimate of drug-likeness (QED) is 0.870. The van der Waals surface area contributed by atoms with Crippen molar-refractivity contribution < 1.29 is 13.2 Å². The van der Waals surface area contributed by atoms with E-state index in [2.05, 4.69) is 4.72 Å². The summed E-state index contributed by atoms with van der Waals surface area (Å²) < 4.78 is 28.4. The molecule has 1 N–H and O–H groups in total. The highest BCUT2D eigenvalue weighted by Crippen LogP contribution is 2.26. The van der Waals surface area contributed by atoms with E-state index in [4.69, 9.17) is 11.6 Å². The lowest BCUT2D eigenvalue weighted by Gasteiger charge is -2.19. The molecule has 0 saturated carbocycles. The van der Waals surface area contributed by atoms with E-state index in [1.54, 1.807) is 29.2 Å². The predicted molar refractivity (Wildman–Crippen MR) is 89.6 cm³/mol. The Kier molecular flexibility index (Phi) is 4.91. The van der Waals surface area contributed by atoms with Crippen molar-refractivity contribution in [2.75, 3.05) is 31.1 Å². The van der Waals surface area contributed by atoms with Gasteiger partial charge in [0.25, 0.3) is 10.2 Å². The molecule has 2 fully saturated rings.